The van der Waals surface area contributed by atoms with E-state index >= 15 is 0 Å². The fourth-order valence-electron chi connectivity index (χ4n) is 3.01. The van der Waals surface area contributed by atoms with Crippen LogP contribution in [0.3, 0.4) is 0 Å². The Morgan fingerprint density at radius 1 is 1.43 bits per heavy atom. The van der Waals surface area contributed by atoms with E-state index in [9.17, 15) is 4.79 Å². The number of ether oxygens (including phenoxy) is 1. The van der Waals surface area contributed by atoms with Crippen LogP contribution in [-0.2, 0) is 11.2 Å². The summed E-state index contributed by atoms with van der Waals surface area (Å²) in [4.78, 5) is 14.5. The molecule has 1 aromatic carbocycles. The first-order valence-electron chi connectivity index (χ1n) is 7.92. The van der Waals surface area contributed by atoms with E-state index < -0.39 is 0 Å². The highest BCUT2D eigenvalue weighted by Crippen LogP contribution is 2.30. The molecule has 0 saturated heterocycles. The summed E-state index contributed by atoms with van der Waals surface area (Å²) in [6.07, 6.45) is 3.68. The Balaban J connectivity index is 1.66. The Hall–Kier alpha value is -2.43. The quantitative estimate of drug-likeness (QED) is 0.922. The molecule has 0 saturated carbocycles. The molecule has 122 valence electrons. The van der Waals surface area contributed by atoms with Crippen molar-refractivity contribution in [1.82, 2.24) is 5.32 Å². The molecule has 5 nitrogen and oxygen atoms in total. The molecule has 0 spiro atoms. The molecule has 1 aliphatic rings. The van der Waals surface area contributed by atoms with Crippen molar-refractivity contribution < 1.29 is 13.9 Å². The highest BCUT2D eigenvalue weighted by molar-refractivity contribution is 5.82. The van der Waals surface area contributed by atoms with Gasteiger partial charge in [-0.1, -0.05) is 0 Å². The summed E-state index contributed by atoms with van der Waals surface area (Å²) in [6, 6.07) is 9.61. The number of benzene rings is 1. The van der Waals surface area contributed by atoms with E-state index in [4.69, 9.17) is 9.15 Å². The van der Waals surface area contributed by atoms with E-state index in [0.717, 1.165) is 36.6 Å². The number of nitrogens with zero attached hydrogens (tertiary/aromatic N) is 1. The molecule has 0 radical (unpaired) electrons. The largest absolute Gasteiger partial charge is 0.497 e. The highest BCUT2D eigenvalue weighted by atomic mass is 16.5. The zero-order valence-corrected chi connectivity index (χ0v) is 13.5. The smallest absolute Gasteiger partial charge is 0.240 e. The summed E-state index contributed by atoms with van der Waals surface area (Å²) in [5.41, 5.74) is 2.36. The van der Waals surface area contributed by atoms with Crippen molar-refractivity contribution in [2.24, 2.45) is 0 Å². The van der Waals surface area contributed by atoms with Gasteiger partial charge in [0.25, 0.3) is 0 Å². The molecule has 0 unspecified atom stereocenters. The van der Waals surface area contributed by atoms with Gasteiger partial charge in [-0.15, -0.1) is 0 Å². The van der Waals surface area contributed by atoms with Crippen LogP contribution in [0.4, 0.5) is 5.69 Å². The molecule has 2 heterocycles. The van der Waals surface area contributed by atoms with Crippen molar-refractivity contribution in [2.45, 2.75) is 25.8 Å². The number of hydrogen-bond donors (Lipinski definition) is 1. The first-order valence-corrected chi connectivity index (χ1v) is 7.92. The first-order chi connectivity index (χ1) is 11.2. The van der Waals surface area contributed by atoms with Crippen LogP contribution in [0.15, 0.2) is 41.0 Å². The molecule has 3 rings (SSSR count). The van der Waals surface area contributed by atoms with Crippen molar-refractivity contribution in [2.75, 3.05) is 25.1 Å². The lowest BCUT2D eigenvalue weighted by atomic mass is 10.0. The highest BCUT2D eigenvalue weighted by Gasteiger charge is 2.21. The number of carbonyl (C=O) groups is 1. The fourth-order valence-corrected chi connectivity index (χ4v) is 3.01. The number of furan rings is 1. The summed E-state index contributed by atoms with van der Waals surface area (Å²) in [7, 11) is 1.67. The minimum Gasteiger partial charge on any atom is -0.497 e. The number of nitrogens with one attached hydrogen (secondary N) is 1. The number of fused-ring (bicyclic) bond motifs is 1. The number of aryl methyl sites for hydroxylation is 1. The summed E-state index contributed by atoms with van der Waals surface area (Å²) >= 11 is 0. The predicted octanol–water partition coefficient (Wildman–Crippen LogP) is 2.92. The van der Waals surface area contributed by atoms with Crippen molar-refractivity contribution >= 4 is 11.6 Å². The maximum Gasteiger partial charge on any atom is 0.240 e. The zero-order chi connectivity index (χ0) is 16.2. The molecular formula is C18H22N2O3. The van der Waals surface area contributed by atoms with Crippen LogP contribution in [0.1, 0.15) is 30.7 Å². The molecule has 2 aromatic rings. The van der Waals surface area contributed by atoms with Gasteiger partial charge in [0.05, 0.1) is 26.0 Å². The lowest BCUT2D eigenvalue weighted by molar-refractivity contribution is -0.120. The van der Waals surface area contributed by atoms with Gasteiger partial charge in [0.15, 0.2) is 0 Å². The Bertz CT molecular complexity index is 667. The van der Waals surface area contributed by atoms with Gasteiger partial charge in [-0.25, -0.2) is 0 Å². The molecule has 1 aliphatic heterocycles. The number of hydrogen-bond acceptors (Lipinski definition) is 4. The number of anilines is 1. The fraction of sp³-hybridized carbons (Fsp3) is 0.389. The van der Waals surface area contributed by atoms with E-state index in [1.54, 1.807) is 13.4 Å². The third-order valence-corrected chi connectivity index (χ3v) is 4.18. The van der Waals surface area contributed by atoms with Crippen LogP contribution < -0.4 is 15.0 Å². The van der Waals surface area contributed by atoms with E-state index in [0.29, 0.717) is 6.54 Å². The SMILES string of the molecule is COc1ccc2c(c1)CCCN2CC(=O)N[C@H](C)c1ccco1. The van der Waals surface area contributed by atoms with Gasteiger partial charge in [-0.2, -0.15) is 0 Å². The molecule has 1 N–H and O–H groups in total. The Labute approximate surface area is 136 Å². The van der Waals surface area contributed by atoms with E-state index in [1.165, 1.54) is 5.56 Å². The van der Waals surface area contributed by atoms with E-state index in [1.807, 2.05) is 31.2 Å². The second kappa shape index (κ2) is 6.77. The molecular weight excluding hydrogens is 292 g/mol. The van der Waals surface area contributed by atoms with Gasteiger partial charge < -0.3 is 19.4 Å². The number of amides is 1. The van der Waals surface area contributed by atoms with Gasteiger partial charge in [0, 0.05) is 12.2 Å². The van der Waals surface area contributed by atoms with Gasteiger partial charge in [-0.3, -0.25) is 4.79 Å². The summed E-state index contributed by atoms with van der Waals surface area (Å²) in [5, 5.41) is 2.98. The second-order valence-electron chi connectivity index (χ2n) is 5.82. The number of methoxy groups -OCH3 is 1. The molecule has 1 aromatic heterocycles. The number of rotatable bonds is 5. The summed E-state index contributed by atoms with van der Waals surface area (Å²) in [5.74, 6) is 1.63. The third-order valence-electron chi connectivity index (χ3n) is 4.18. The molecule has 0 aliphatic carbocycles. The van der Waals surface area contributed by atoms with Gasteiger partial charge in [0.1, 0.15) is 11.5 Å². The van der Waals surface area contributed by atoms with E-state index in [2.05, 4.69) is 16.3 Å². The maximum atomic E-state index is 12.3. The van der Waals surface area contributed by atoms with Crippen LogP contribution in [-0.4, -0.2) is 26.1 Å². The normalized spacial score (nSPS) is 15.0. The topological polar surface area (TPSA) is 54.7 Å². The Kier molecular flexibility index (Phi) is 4.55. The van der Waals surface area contributed by atoms with Crippen LogP contribution in [0.5, 0.6) is 5.75 Å². The minimum absolute atomic E-state index is 0.00225. The van der Waals surface area contributed by atoms with Gasteiger partial charge in [-0.05, 0) is 55.7 Å². The first kappa shape index (κ1) is 15.5. The summed E-state index contributed by atoms with van der Waals surface area (Å²) < 4.78 is 10.6. The summed E-state index contributed by atoms with van der Waals surface area (Å²) in [6.45, 7) is 3.16. The molecule has 1 atom stereocenters. The van der Waals surface area contributed by atoms with Crippen LogP contribution in [0.25, 0.3) is 0 Å². The second-order valence-corrected chi connectivity index (χ2v) is 5.82. The lowest BCUT2D eigenvalue weighted by Gasteiger charge is -2.31. The molecule has 5 heteroatoms. The third kappa shape index (κ3) is 3.50. The average molecular weight is 314 g/mol. The Morgan fingerprint density at radius 3 is 3.04 bits per heavy atom. The van der Waals surface area contributed by atoms with Crippen LogP contribution in [0.2, 0.25) is 0 Å². The maximum absolute atomic E-state index is 12.3. The van der Waals surface area contributed by atoms with Crippen molar-refractivity contribution in [3.63, 3.8) is 0 Å². The van der Waals surface area contributed by atoms with Crippen molar-refractivity contribution in [3.05, 3.63) is 47.9 Å². The van der Waals surface area contributed by atoms with E-state index in [-0.39, 0.29) is 11.9 Å². The monoisotopic (exact) mass is 314 g/mol. The van der Waals surface area contributed by atoms with Crippen LogP contribution in [0, 0.1) is 0 Å². The molecule has 23 heavy (non-hydrogen) atoms. The van der Waals surface area contributed by atoms with Crippen LogP contribution >= 0.6 is 0 Å². The van der Waals surface area contributed by atoms with Gasteiger partial charge in [0.2, 0.25) is 5.91 Å². The van der Waals surface area contributed by atoms with Crippen molar-refractivity contribution in [1.29, 1.82) is 0 Å². The minimum atomic E-state index is -0.127. The zero-order valence-electron chi connectivity index (χ0n) is 13.5. The van der Waals surface area contributed by atoms with Gasteiger partial charge >= 0.3 is 0 Å². The number of carbonyl (C=O) groups excluding carboxylic acids is 1. The molecule has 0 bridgehead atoms. The predicted molar refractivity (Wildman–Crippen MR) is 88.8 cm³/mol. The standard InChI is InChI=1S/C18H22N2O3/c1-13(17-6-4-10-23-17)19-18(21)12-20-9-3-5-14-11-15(22-2)7-8-16(14)20/h4,6-8,10-11,13H,3,5,9,12H2,1-2H3,(H,19,21)/t13-/m1/s1. The molecule has 0 fully saturated rings. The Morgan fingerprint density at radius 2 is 2.30 bits per heavy atom. The average Bonchev–Trinajstić information content (AvgIpc) is 3.09. The van der Waals surface area contributed by atoms with Crippen molar-refractivity contribution in [3.8, 4) is 5.75 Å². The molecule has 1 amide bonds. The lowest BCUT2D eigenvalue weighted by Crippen LogP contribution is -2.40.